The molecule has 0 unspecified atom stereocenters. The second-order valence-corrected chi connectivity index (χ2v) is 5.83. The molecule has 2 atom stereocenters. The van der Waals surface area contributed by atoms with Gasteiger partial charge in [-0.3, -0.25) is 14.9 Å². The third-order valence-corrected chi connectivity index (χ3v) is 3.89. The number of carbonyl (C=O) groups is 1. The van der Waals surface area contributed by atoms with Crippen LogP contribution in [-0.2, 0) is 0 Å². The van der Waals surface area contributed by atoms with Gasteiger partial charge in [0.15, 0.2) is 0 Å². The van der Waals surface area contributed by atoms with E-state index < -0.39 is 10.8 Å². The SMILES string of the molecule is C[C@H]1C[C@H]1c1ccc(/C=N\NC(=O)c2cc(N)cc([N+](=O)[O-])c2)o1. The van der Waals surface area contributed by atoms with Gasteiger partial charge in [0, 0.05) is 23.7 Å². The van der Waals surface area contributed by atoms with Crippen LogP contribution in [0, 0.1) is 16.0 Å². The molecule has 124 valence electrons. The lowest BCUT2D eigenvalue weighted by atomic mass is 10.1. The van der Waals surface area contributed by atoms with Gasteiger partial charge in [0.05, 0.1) is 16.7 Å². The van der Waals surface area contributed by atoms with Crippen molar-refractivity contribution in [1.82, 2.24) is 5.43 Å². The molecule has 24 heavy (non-hydrogen) atoms. The molecular formula is C16H16N4O4. The van der Waals surface area contributed by atoms with Crippen LogP contribution in [0.2, 0.25) is 0 Å². The normalized spacial score (nSPS) is 19.4. The lowest BCUT2D eigenvalue weighted by Crippen LogP contribution is -2.18. The van der Waals surface area contributed by atoms with E-state index in [1.54, 1.807) is 6.07 Å². The number of furan rings is 1. The van der Waals surface area contributed by atoms with E-state index in [1.807, 2.05) is 6.07 Å². The molecule has 0 bridgehead atoms. The first-order valence-electron chi connectivity index (χ1n) is 7.42. The van der Waals surface area contributed by atoms with Crippen molar-refractivity contribution in [3.8, 4) is 0 Å². The fraction of sp³-hybridized carbons (Fsp3) is 0.250. The summed E-state index contributed by atoms with van der Waals surface area (Å²) in [6.07, 6.45) is 2.50. The summed E-state index contributed by atoms with van der Waals surface area (Å²) in [4.78, 5) is 22.2. The van der Waals surface area contributed by atoms with Crippen molar-refractivity contribution >= 4 is 23.5 Å². The number of anilines is 1. The molecule has 1 aliphatic carbocycles. The van der Waals surface area contributed by atoms with Crippen LogP contribution in [0.15, 0.2) is 39.9 Å². The Kier molecular flexibility index (Phi) is 4.03. The third-order valence-electron chi connectivity index (χ3n) is 3.89. The average molecular weight is 328 g/mol. The van der Waals surface area contributed by atoms with Gasteiger partial charge in [-0.1, -0.05) is 6.92 Å². The summed E-state index contributed by atoms with van der Waals surface area (Å²) in [5.74, 6) is 1.96. The molecule has 0 spiro atoms. The van der Waals surface area contributed by atoms with Crippen LogP contribution in [-0.4, -0.2) is 17.0 Å². The van der Waals surface area contributed by atoms with E-state index in [9.17, 15) is 14.9 Å². The number of nitrogens with zero attached hydrogens (tertiary/aromatic N) is 2. The molecule has 1 fully saturated rings. The first-order chi connectivity index (χ1) is 11.4. The van der Waals surface area contributed by atoms with Gasteiger partial charge in [0.2, 0.25) is 0 Å². The monoisotopic (exact) mass is 328 g/mol. The topological polar surface area (TPSA) is 124 Å². The Labute approximate surface area is 137 Å². The fourth-order valence-corrected chi connectivity index (χ4v) is 2.45. The molecule has 2 aromatic rings. The summed E-state index contributed by atoms with van der Waals surface area (Å²) >= 11 is 0. The number of nitro benzene ring substituents is 1. The molecule has 1 heterocycles. The van der Waals surface area contributed by atoms with Crippen molar-refractivity contribution in [2.75, 3.05) is 5.73 Å². The lowest BCUT2D eigenvalue weighted by molar-refractivity contribution is -0.384. The van der Waals surface area contributed by atoms with Gasteiger partial charge in [0.1, 0.15) is 11.5 Å². The molecule has 1 amide bonds. The molecule has 1 saturated carbocycles. The highest BCUT2D eigenvalue weighted by atomic mass is 16.6. The molecule has 0 saturated heterocycles. The zero-order valence-corrected chi connectivity index (χ0v) is 12.9. The largest absolute Gasteiger partial charge is 0.460 e. The standard InChI is InChI=1S/C16H16N4O4/c1-9-4-14(9)15-3-2-13(24-15)8-18-19-16(21)10-5-11(17)7-12(6-10)20(22)23/h2-3,5-9,14H,4,17H2,1H3,(H,19,21)/b18-8-/t9-,14+/m0/s1. The molecule has 0 radical (unpaired) electrons. The molecule has 8 heteroatoms. The van der Waals surface area contributed by atoms with E-state index in [0.717, 1.165) is 18.2 Å². The maximum absolute atomic E-state index is 12.0. The Bertz CT molecular complexity index is 827. The highest BCUT2D eigenvalue weighted by Crippen LogP contribution is 2.47. The smallest absolute Gasteiger partial charge is 0.272 e. The zero-order chi connectivity index (χ0) is 17.3. The summed E-state index contributed by atoms with van der Waals surface area (Å²) in [7, 11) is 0. The predicted molar refractivity (Wildman–Crippen MR) is 87.8 cm³/mol. The van der Waals surface area contributed by atoms with Gasteiger partial charge in [-0.25, -0.2) is 5.43 Å². The summed E-state index contributed by atoms with van der Waals surface area (Å²) in [6, 6.07) is 7.35. The maximum atomic E-state index is 12.0. The third kappa shape index (κ3) is 3.43. The minimum absolute atomic E-state index is 0.0609. The van der Waals surface area contributed by atoms with E-state index in [2.05, 4.69) is 17.5 Å². The van der Waals surface area contributed by atoms with Crippen molar-refractivity contribution < 1.29 is 14.1 Å². The summed E-state index contributed by atoms with van der Waals surface area (Å²) in [5, 5.41) is 14.6. The first-order valence-corrected chi connectivity index (χ1v) is 7.42. The molecule has 0 aliphatic heterocycles. The summed E-state index contributed by atoms with van der Waals surface area (Å²) < 4.78 is 5.63. The number of hydrogen-bond acceptors (Lipinski definition) is 6. The molecular weight excluding hydrogens is 312 g/mol. The van der Waals surface area contributed by atoms with Crippen LogP contribution < -0.4 is 11.2 Å². The Morgan fingerprint density at radius 2 is 2.21 bits per heavy atom. The molecule has 1 aromatic carbocycles. The number of hydrogen-bond donors (Lipinski definition) is 2. The number of rotatable bonds is 5. The Balaban J connectivity index is 1.64. The minimum atomic E-state index is -0.611. The first kappa shape index (κ1) is 15.7. The summed E-state index contributed by atoms with van der Waals surface area (Å²) in [5.41, 5.74) is 7.80. The molecule has 3 rings (SSSR count). The van der Waals surface area contributed by atoms with Crippen LogP contribution in [0.1, 0.15) is 41.1 Å². The predicted octanol–water partition coefficient (Wildman–Crippen LogP) is 2.66. The fourth-order valence-electron chi connectivity index (χ4n) is 2.45. The number of nitrogens with one attached hydrogen (secondary N) is 1. The van der Waals surface area contributed by atoms with E-state index in [1.165, 1.54) is 18.3 Å². The van der Waals surface area contributed by atoms with Crippen LogP contribution in [0.25, 0.3) is 0 Å². The van der Waals surface area contributed by atoms with Crippen molar-refractivity contribution in [3.05, 3.63) is 57.5 Å². The average Bonchev–Trinajstić information content (AvgIpc) is 3.08. The van der Waals surface area contributed by atoms with Crippen molar-refractivity contribution in [2.24, 2.45) is 11.0 Å². The second-order valence-electron chi connectivity index (χ2n) is 5.83. The van der Waals surface area contributed by atoms with E-state index in [0.29, 0.717) is 17.6 Å². The highest BCUT2D eigenvalue weighted by Gasteiger charge is 2.36. The quantitative estimate of drug-likeness (QED) is 0.378. The Morgan fingerprint density at radius 1 is 1.46 bits per heavy atom. The van der Waals surface area contributed by atoms with Gasteiger partial charge >= 0.3 is 0 Å². The lowest BCUT2D eigenvalue weighted by Gasteiger charge is -2.01. The van der Waals surface area contributed by atoms with Gasteiger partial charge in [0.25, 0.3) is 11.6 Å². The number of hydrazone groups is 1. The van der Waals surface area contributed by atoms with Crippen LogP contribution in [0.5, 0.6) is 0 Å². The second kappa shape index (κ2) is 6.15. The van der Waals surface area contributed by atoms with Crippen molar-refractivity contribution in [1.29, 1.82) is 0 Å². The molecule has 8 nitrogen and oxygen atoms in total. The van der Waals surface area contributed by atoms with Gasteiger partial charge in [-0.05, 0) is 30.5 Å². The number of carbonyl (C=O) groups excluding carboxylic acids is 1. The Hall–Kier alpha value is -3.16. The Morgan fingerprint density at radius 3 is 2.88 bits per heavy atom. The number of non-ortho nitro benzene ring substituents is 1. The highest BCUT2D eigenvalue weighted by molar-refractivity contribution is 5.96. The number of benzene rings is 1. The minimum Gasteiger partial charge on any atom is -0.460 e. The molecule has 1 aromatic heterocycles. The number of nitrogen functional groups attached to an aromatic ring is 1. The number of nitrogens with two attached hydrogens (primary N) is 1. The molecule has 1 aliphatic rings. The van der Waals surface area contributed by atoms with Gasteiger partial charge in [-0.15, -0.1) is 0 Å². The van der Waals surface area contributed by atoms with Gasteiger partial charge < -0.3 is 10.2 Å². The van der Waals surface area contributed by atoms with E-state index >= 15 is 0 Å². The number of nitro groups is 1. The zero-order valence-electron chi connectivity index (χ0n) is 12.9. The maximum Gasteiger partial charge on any atom is 0.272 e. The summed E-state index contributed by atoms with van der Waals surface area (Å²) in [6.45, 7) is 2.16. The van der Waals surface area contributed by atoms with Crippen molar-refractivity contribution in [3.63, 3.8) is 0 Å². The van der Waals surface area contributed by atoms with Crippen molar-refractivity contribution in [2.45, 2.75) is 19.3 Å². The van der Waals surface area contributed by atoms with Crippen LogP contribution in [0.4, 0.5) is 11.4 Å². The van der Waals surface area contributed by atoms with Gasteiger partial charge in [-0.2, -0.15) is 5.10 Å². The van der Waals surface area contributed by atoms with Crippen LogP contribution >= 0.6 is 0 Å². The van der Waals surface area contributed by atoms with E-state index in [-0.39, 0.29) is 16.9 Å². The molecule has 3 N–H and O–H groups in total. The van der Waals surface area contributed by atoms with Crippen LogP contribution in [0.3, 0.4) is 0 Å². The van der Waals surface area contributed by atoms with E-state index in [4.69, 9.17) is 10.2 Å². The number of amides is 1.